The van der Waals surface area contributed by atoms with E-state index in [0.29, 0.717) is 11.1 Å². The van der Waals surface area contributed by atoms with Crippen molar-refractivity contribution in [2.75, 3.05) is 11.6 Å². The van der Waals surface area contributed by atoms with Gasteiger partial charge in [-0.05, 0) is 31.9 Å². The van der Waals surface area contributed by atoms with E-state index in [1.165, 1.54) is 16.4 Å². The van der Waals surface area contributed by atoms with Crippen molar-refractivity contribution >= 4 is 17.7 Å². The Labute approximate surface area is 126 Å². The van der Waals surface area contributed by atoms with E-state index in [1.807, 2.05) is 13.0 Å². The quantitative estimate of drug-likeness (QED) is 0.619. The van der Waals surface area contributed by atoms with Gasteiger partial charge < -0.3 is 15.6 Å². The largest absolute Gasteiger partial charge is 0.467 e. The Kier molecular flexibility index (Phi) is 3.87. The van der Waals surface area contributed by atoms with E-state index in [-0.39, 0.29) is 17.7 Å². The van der Waals surface area contributed by atoms with E-state index in [0.717, 1.165) is 24.4 Å². The molecule has 1 saturated carbocycles. The van der Waals surface area contributed by atoms with Crippen molar-refractivity contribution < 1.29 is 9.21 Å². The van der Waals surface area contributed by atoms with Crippen LogP contribution in [0.15, 0.2) is 28.0 Å². The summed E-state index contributed by atoms with van der Waals surface area (Å²) >= 11 is 1.28. The van der Waals surface area contributed by atoms with Crippen molar-refractivity contribution in [1.29, 1.82) is 0 Å². The molecule has 0 aromatic carbocycles. The number of hydrogen-bond acceptors (Lipinski definition) is 6. The number of aromatic nitrogens is 3. The molecule has 2 aromatic heterocycles. The Morgan fingerprint density at radius 1 is 1.62 bits per heavy atom. The molecule has 1 amide bonds. The van der Waals surface area contributed by atoms with E-state index in [4.69, 9.17) is 10.3 Å². The van der Waals surface area contributed by atoms with E-state index in [2.05, 4.69) is 15.5 Å². The number of carbonyl (C=O) groups is 1. The highest BCUT2D eigenvalue weighted by Crippen LogP contribution is 2.39. The average Bonchev–Trinajstić information content (AvgIpc) is 3.01. The van der Waals surface area contributed by atoms with Crippen LogP contribution in [-0.2, 0) is 4.79 Å². The highest BCUT2D eigenvalue weighted by molar-refractivity contribution is 7.99. The maximum atomic E-state index is 11.9. The highest BCUT2D eigenvalue weighted by atomic mass is 32.2. The summed E-state index contributed by atoms with van der Waals surface area (Å²) in [6, 6.07) is 3.46. The number of nitrogen functional groups attached to an aromatic ring is 1. The van der Waals surface area contributed by atoms with E-state index in [9.17, 15) is 4.79 Å². The maximum absolute atomic E-state index is 11.9. The van der Waals surface area contributed by atoms with Crippen LogP contribution in [0.4, 0.5) is 0 Å². The lowest BCUT2D eigenvalue weighted by Crippen LogP contribution is -2.28. The fourth-order valence-electron chi connectivity index (χ4n) is 2.03. The summed E-state index contributed by atoms with van der Waals surface area (Å²) in [6.45, 7) is 1.87. The van der Waals surface area contributed by atoms with E-state index >= 15 is 0 Å². The molecule has 0 aliphatic heterocycles. The number of amides is 1. The molecule has 0 radical (unpaired) electrons. The molecule has 1 fully saturated rings. The molecule has 8 heteroatoms. The topological polar surface area (TPSA) is 99.0 Å². The number of carbonyl (C=O) groups excluding carboxylic acids is 1. The van der Waals surface area contributed by atoms with Crippen LogP contribution in [0.1, 0.15) is 43.3 Å². The second-order valence-corrected chi connectivity index (χ2v) is 6.02. The molecule has 112 valence electrons. The maximum Gasteiger partial charge on any atom is 0.231 e. The highest BCUT2D eigenvalue weighted by Gasteiger charge is 2.30. The van der Waals surface area contributed by atoms with Crippen molar-refractivity contribution in [1.82, 2.24) is 20.2 Å². The third kappa shape index (κ3) is 3.21. The monoisotopic (exact) mass is 307 g/mol. The van der Waals surface area contributed by atoms with Crippen molar-refractivity contribution in [3.63, 3.8) is 0 Å². The van der Waals surface area contributed by atoms with E-state index in [1.54, 1.807) is 12.3 Å². The number of thioether (sulfide) groups is 1. The summed E-state index contributed by atoms with van der Waals surface area (Å²) in [7, 11) is 0. The predicted molar refractivity (Wildman–Crippen MR) is 78.1 cm³/mol. The number of rotatable bonds is 6. The van der Waals surface area contributed by atoms with Gasteiger partial charge in [0.05, 0.1) is 18.1 Å². The van der Waals surface area contributed by atoms with Gasteiger partial charge in [-0.1, -0.05) is 11.8 Å². The molecule has 7 nitrogen and oxygen atoms in total. The summed E-state index contributed by atoms with van der Waals surface area (Å²) in [4.78, 5) is 11.9. The van der Waals surface area contributed by atoms with Gasteiger partial charge in [0.25, 0.3) is 0 Å². The van der Waals surface area contributed by atoms with Gasteiger partial charge in [-0.3, -0.25) is 4.79 Å². The fraction of sp³-hybridized carbons (Fsp3) is 0.462. The molecule has 1 atom stereocenters. The molecule has 21 heavy (non-hydrogen) atoms. The van der Waals surface area contributed by atoms with Gasteiger partial charge in [-0.25, -0.2) is 4.68 Å². The second-order valence-electron chi connectivity index (χ2n) is 5.08. The van der Waals surface area contributed by atoms with Gasteiger partial charge in [-0.2, -0.15) is 0 Å². The van der Waals surface area contributed by atoms with Gasteiger partial charge in [0.2, 0.25) is 11.1 Å². The third-order valence-electron chi connectivity index (χ3n) is 3.31. The summed E-state index contributed by atoms with van der Waals surface area (Å²) in [5, 5.41) is 11.5. The Balaban J connectivity index is 1.51. The fourth-order valence-corrected chi connectivity index (χ4v) is 2.70. The lowest BCUT2D eigenvalue weighted by atomic mass is 10.2. The molecule has 3 rings (SSSR count). The minimum Gasteiger partial charge on any atom is -0.467 e. The van der Waals surface area contributed by atoms with Crippen LogP contribution in [0, 0.1) is 0 Å². The molecule has 0 unspecified atom stereocenters. The van der Waals surface area contributed by atoms with Crippen LogP contribution in [0.25, 0.3) is 0 Å². The molecule has 2 heterocycles. The van der Waals surface area contributed by atoms with Gasteiger partial charge in [0, 0.05) is 5.92 Å². The Morgan fingerprint density at radius 3 is 3.10 bits per heavy atom. The lowest BCUT2D eigenvalue weighted by Gasteiger charge is -2.10. The number of nitrogens with zero attached hydrogens (tertiary/aromatic N) is 3. The van der Waals surface area contributed by atoms with Crippen LogP contribution in [-0.4, -0.2) is 26.5 Å². The first-order valence-corrected chi connectivity index (χ1v) is 7.79. The van der Waals surface area contributed by atoms with Crippen LogP contribution in [0.3, 0.4) is 0 Å². The average molecular weight is 307 g/mol. The molecule has 1 aliphatic carbocycles. The van der Waals surface area contributed by atoms with Crippen LogP contribution < -0.4 is 11.2 Å². The van der Waals surface area contributed by atoms with Crippen LogP contribution in [0.2, 0.25) is 0 Å². The SMILES string of the molecule is C[C@H](NC(=O)CSc1nnc(C2CC2)n1N)c1ccco1. The van der Waals surface area contributed by atoms with Crippen molar-refractivity contribution in [3.8, 4) is 0 Å². The molecule has 3 N–H and O–H groups in total. The standard InChI is InChI=1S/C13H17N5O2S/c1-8(10-3-2-6-20-10)15-11(19)7-21-13-17-16-12(18(13)14)9-4-5-9/h2-3,6,8-9H,4-5,7,14H2,1H3,(H,15,19)/t8-/m0/s1. The van der Waals surface area contributed by atoms with E-state index < -0.39 is 0 Å². The minimum atomic E-state index is -0.161. The van der Waals surface area contributed by atoms with Gasteiger partial charge in [-0.15, -0.1) is 10.2 Å². The van der Waals surface area contributed by atoms with Crippen molar-refractivity contribution in [2.24, 2.45) is 0 Å². The van der Waals surface area contributed by atoms with Crippen molar-refractivity contribution in [3.05, 3.63) is 30.0 Å². The predicted octanol–water partition coefficient (Wildman–Crippen LogP) is 1.43. The number of hydrogen-bond donors (Lipinski definition) is 2. The zero-order valence-electron chi connectivity index (χ0n) is 11.7. The molecular weight excluding hydrogens is 290 g/mol. The third-order valence-corrected chi connectivity index (χ3v) is 4.26. The molecule has 0 bridgehead atoms. The first kappa shape index (κ1) is 14.0. The Morgan fingerprint density at radius 2 is 2.43 bits per heavy atom. The van der Waals surface area contributed by atoms with Crippen molar-refractivity contribution in [2.45, 2.75) is 36.9 Å². The normalized spacial score (nSPS) is 15.9. The Bertz CT molecular complexity index is 621. The summed E-state index contributed by atoms with van der Waals surface area (Å²) in [6.07, 6.45) is 3.81. The molecular formula is C13H17N5O2S. The smallest absolute Gasteiger partial charge is 0.231 e. The number of nitrogens with one attached hydrogen (secondary N) is 1. The summed E-state index contributed by atoms with van der Waals surface area (Å²) < 4.78 is 6.74. The molecule has 0 saturated heterocycles. The van der Waals surface area contributed by atoms with Gasteiger partial charge in [0.15, 0.2) is 5.82 Å². The second kappa shape index (κ2) is 5.80. The molecule has 2 aromatic rings. The van der Waals surface area contributed by atoms with Crippen LogP contribution in [0.5, 0.6) is 0 Å². The van der Waals surface area contributed by atoms with Gasteiger partial charge in [0.1, 0.15) is 5.76 Å². The van der Waals surface area contributed by atoms with Gasteiger partial charge >= 0.3 is 0 Å². The zero-order chi connectivity index (χ0) is 14.8. The first-order valence-electron chi connectivity index (χ1n) is 6.81. The molecule has 1 aliphatic rings. The minimum absolute atomic E-state index is 0.0973. The molecule has 0 spiro atoms. The summed E-state index contributed by atoms with van der Waals surface area (Å²) in [5.41, 5.74) is 0. The number of furan rings is 1. The summed E-state index contributed by atoms with van der Waals surface area (Å²) in [5.74, 6) is 8.05. The zero-order valence-corrected chi connectivity index (χ0v) is 12.5. The first-order chi connectivity index (χ1) is 10.1. The number of nitrogens with two attached hydrogens (primary N) is 1. The van der Waals surface area contributed by atoms with Crippen LogP contribution >= 0.6 is 11.8 Å². The Hall–Kier alpha value is -1.96. The lowest BCUT2D eigenvalue weighted by molar-refractivity contribution is -0.119.